The maximum Gasteiger partial charge on any atom is 0.223 e. The smallest absolute Gasteiger partial charge is 0.223 e. The van der Waals surface area contributed by atoms with Crippen LogP contribution in [0.5, 0.6) is 0 Å². The number of ether oxygens (including phenoxy) is 1. The fourth-order valence-electron chi connectivity index (χ4n) is 2.29. The first-order valence-electron chi connectivity index (χ1n) is 7.93. The Morgan fingerprint density at radius 3 is 2.73 bits per heavy atom. The zero-order valence-corrected chi connectivity index (χ0v) is 15.5. The first kappa shape index (κ1) is 21.2. The van der Waals surface area contributed by atoms with Crippen molar-refractivity contribution in [2.24, 2.45) is 0 Å². The number of amides is 1. The van der Waals surface area contributed by atoms with Crippen molar-refractivity contribution in [1.82, 2.24) is 10.3 Å². The fraction of sp³-hybridized carbons (Fsp3) is 0.500. The summed E-state index contributed by atoms with van der Waals surface area (Å²) in [7, 11) is 2.83. The van der Waals surface area contributed by atoms with Crippen LogP contribution in [-0.2, 0) is 9.53 Å². The largest absolute Gasteiger partial charge is 0.394 e. The second kappa shape index (κ2) is 10.3. The van der Waals surface area contributed by atoms with Gasteiger partial charge in [-0.05, 0) is 22.9 Å². The Hall–Kier alpha value is -1.14. The van der Waals surface area contributed by atoms with Crippen molar-refractivity contribution in [3.05, 3.63) is 37.1 Å². The zero-order valence-electron chi connectivity index (χ0n) is 13.8. The van der Waals surface area contributed by atoms with Crippen LogP contribution < -0.4 is 5.32 Å². The Bertz CT molecular complexity index is 591. The van der Waals surface area contributed by atoms with E-state index in [1.807, 2.05) is 18.2 Å². The summed E-state index contributed by atoms with van der Waals surface area (Å²) in [5.74, 6) is -0.423. The molecule has 0 radical (unpaired) electrons. The van der Waals surface area contributed by atoms with Crippen molar-refractivity contribution >= 4 is 27.5 Å². The van der Waals surface area contributed by atoms with E-state index in [2.05, 4.69) is 16.9 Å². The maximum atomic E-state index is 12.2. The molecular formula is C16H22N2O6S2. The average Bonchev–Trinajstić information content (AvgIpc) is 2.66. The Morgan fingerprint density at radius 1 is 1.35 bits per heavy atom. The molecule has 1 unspecified atom stereocenters. The Labute approximate surface area is 159 Å². The van der Waals surface area contributed by atoms with Crippen LogP contribution in [0, 0.1) is 0 Å². The second-order valence-electron chi connectivity index (χ2n) is 5.64. The van der Waals surface area contributed by atoms with E-state index in [0.29, 0.717) is 0 Å². The highest BCUT2D eigenvalue weighted by Gasteiger charge is 2.43. The molecule has 6 atom stereocenters. The number of aliphatic hydroxyl groups excluding tert-OH is 4. The van der Waals surface area contributed by atoms with E-state index in [1.54, 1.807) is 12.3 Å². The molecule has 2 heterocycles. The molecule has 1 aromatic heterocycles. The predicted octanol–water partition coefficient (Wildman–Crippen LogP) is -0.317. The molecule has 0 bridgehead atoms. The van der Waals surface area contributed by atoms with Gasteiger partial charge in [0, 0.05) is 17.9 Å². The van der Waals surface area contributed by atoms with Crippen LogP contribution in [0.1, 0.15) is 6.42 Å². The number of rotatable bonds is 8. The summed E-state index contributed by atoms with van der Waals surface area (Å²) in [6.45, 7) is 3.16. The molecule has 1 aromatic rings. The lowest BCUT2D eigenvalue weighted by Crippen LogP contribution is -2.63. The molecule has 1 aliphatic heterocycles. The normalized spacial score (nSPS) is 29.8. The molecule has 10 heteroatoms. The van der Waals surface area contributed by atoms with E-state index in [4.69, 9.17) is 9.84 Å². The predicted molar refractivity (Wildman–Crippen MR) is 98.2 cm³/mol. The molecular weight excluding hydrogens is 380 g/mol. The van der Waals surface area contributed by atoms with Crippen molar-refractivity contribution in [3.63, 3.8) is 0 Å². The number of aromatic nitrogens is 1. The van der Waals surface area contributed by atoms with Gasteiger partial charge in [0.2, 0.25) is 5.91 Å². The molecule has 144 valence electrons. The van der Waals surface area contributed by atoms with E-state index in [0.717, 1.165) is 5.03 Å². The Kier molecular flexibility index (Phi) is 8.35. The zero-order chi connectivity index (χ0) is 19.1. The number of carbonyl (C=O) groups is 1. The number of pyridine rings is 1. The monoisotopic (exact) mass is 402 g/mol. The number of carbonyl (C=O) groups excluding carboxylic acids is 1. The third-order valence-corrected chi connectivity index (χ3v) is 6.40. The Balaban J connectivity index is 1.86. The highest BCUT2D eigenvalue weighted by molar-refractivity contribution is 8.77. The summed E-state index contributed by atoms with van der Waals surface area (Å²) in [5.41, 5.74) is 0. The molecule has 0 aliphatic carbocycles. The minimum atomic E-state index is -1.53. The van der Waals surface area contributed by atoms with Crippen molar-refractivity contribution in [3.8, 4) is 0 Å². The summed E-state index contributed by atoms with van der Waals surface area (Å²) < 4.78 is 5.26. The van der Waals surface area contributed by atoms with Gasteiger partial charge in [0.15, 0.2) is 6.23 Å². The third kappa shape index (κ3) is 5.68. The number of aliphatic hydroxyl groups is 4. The molecule has 0 saturated carbocycles. The van der Waals surface area contributed by atoms with Gasteiger partial charge in [-0.3, -0.25) is 4.79 Å². The minimum absolute atomic E-state index is 0.0724. The van der Waals surface area contributed by atoms with Crippen molar-refractivity contribution in [2.75, 3.05) is 6.61 Å². The van der Waals surface area contributed by atoms with Crippen LogP contribution >= 0.6 is 21.6 Å². The topological polar surface area (TPSA) is 132 Å². The van der Waals surface area contributed by atoms with Crippen molar-refractivity contribution in [2.45, 2.75) is 47.3 Å². The van der Waals surface area contributed by atoms with E-state index in [9.17, 15) is 20.1 Å². The number of hydrogen-bond donors (Lipinski definition) is 5. The first-order chi connectivity index (χ1) is 12.5. The summed E-state index contributed by atoms with van der Waals surface area (Å²) in [6.07, 6.45) is -3.41. The number of nitrogens with zero attached hydrogens (tertiary/aromatic N) is 1. The SMILES string of the molecule is C=CC(CC(=O)N[C@@H]1O[C@H](CO)[C@@H](O)[C@H](O)[C@H]1O)SSc1ccccn1. The quantitative estimate of drug-likeness (QED) is 0.293. The van der Waals surface area contributed by atoms with Gasteiger partial charge < -0.3 is 30.5 Å². The fourth-order valence-corrected chi connectivity index (χ4v) is 4.45. The van der Waals surface area contributed by atoms with Crippen LogP contribution in [0.3, 0.4) is 0 Å². The molecule has 1 amide bonds. The van der Waals surface area contributed by atoms with Gasteiger partial charge in [-0.1, -0.05) is 22.9 Å². The van der Waals surface area contributed by atoms with E-state index < -0.39 is 43.2 Å². The van der Waals surface area contributed by atoms with Gasteiger partial charge in [-0.15, -0.1) is 6.58 Å². The summed E-state index contributed by atoms with van der Waals surface area (Å²) in [6, 6.07) is 5.53. The van der Waals surface area contributed by atoms with E-state index >= 15 is 0 Å². The molecule has 1 fully saturated rings. The number of hydrogen-bond acceptors (Lipinski definition) is 9. The average molecular weight is 402 g/mol. The molecule has 8 nitrogen and oxygen atoms in total. The highest BCUT2D eigenvalue weighted by atomic mass is 33.1. The summed E-state index contributed by atoms with van der Waals surface area (Å²) >= 11 is 0. The lowest BCUT2D eigenvalue weighted by atomic mass is 9.98. The standard InChI is InChI=1S/C16H22N2O6S2/c1-2-9(25-26-12-5-3-4-6-17-12)7-11(20)18-16-15(23)14(22)13(21)10(8-19)24-16/h2-6,9-10,13-16,19,21-23H,1,7-8H2,(H,18,20)/t9?,10-,13-,14+,15-,16-/m1/s1. The Morgan fingerprint density at radius 2 is 2.12 bits per heavy atom. The van der Waals surface area contributed by atoms with Crippen LogP contribution in [0.15, 0.2) is 42.1 Å². The van der Waals surface area contributed by atoms with Gasteiger partial charge in [-0.25, -0.2) is 4.98 Å². The van der Waals surface area contributed by atoms with Crippen LogP contribution in [0.25, 0.3) is 0 Å². The van der Waals surface area contributed by atoms with Gasteiger partial charge in [0.05, 0.1) is 6.61 Å². The van der Waals surface area contributed by atoms with E-state index in [1.165, 1.54) is 21.6 Å². The first-order valence-corrected chi connectivity index (χ1v) is 10.1. The molecule has 1 saturated heterocycles. The molecule has 0 aromatic carbocycles. The molecule has 0 spiro atoms. The van der Waals surface area contributed by atoms with Crippen molar-refractivity contribution in [1.29, 1.82) is 0 Å². The second-order valence-corrected chi connectivity index (χ2v) is 8.10. The van der Waals surface area contributed by atoms with Gasteiger partial charge in [0.25, 0.3) is 0 Å². The summed E-state index contributed by atoms with van der Waals surface area (Å²) in [4.78, 5) is 16.4. The molecule has 2 rings (SSSR count). The lowest BCUT2D eigenvalue weighted by Gasteiger charge is -2.40. The molecule has 5 N–H and O–H groups in total. The molecule has 26 heavy (non-hydrogen) atoms. The van der Waals surface area contributed by atoms with E-state index in [-0.39, 0.29) is 11.7 Å². The maximum absolute atomic E-state index is 12.2. The van der Waals surface area contributed by atoms with Crippen LogP contribution in [-0.4, -0.2) is 73.8 Å². The number of nitrogens with one attached hydrogen (secondary N) is 1. The van der Waals surface area contributed by atoms with Crippen LogP contribution in [0.4, 0.5) is 0 Å². The molecule has 1 aliphatic rings. The van der Waals surface area contributed by atoms with Crippen LogP contribution in [0.2, 0.25) is 0 Å². The lowest BCUT2D eigenvalue weighted by molar-refractivity contribution is -0.235. The minimum Gasteiger partial charge on any atom is -0.394 e. The van der Waals surface area contributed by atoms with Gasteiger partial charge >= 0.3 is 0 Å². The highest BCUT2D eigenvalue weighted by Crippen LogP contribution is 2.34. The van der Waals surface area contributed by atoms with Gasteiger partial charge in [0.1, 0.15) is 29.4 Å². The van der Waals surface area contributed by atoms with Gasteiger partial charge in [-0.2, -0.15) is 0 Å². The van der Waals surface area contributed by atoms with Crippen molar-refractivity contribution < 1.29 is 30.0 Å². The third-order valence-electron chi connectivity index (χ3n) is 3.74. The summed E-state index contributed by atoms with van der Waals surface area (Å²) in [5, 5.41) is 41.6.